The van der Waals surface area contributed by atoms with Crippen LogP contribution in [0.5, 0.6) is 5.75 Å². The van der Waals surface area contributed by atoms with Crippen LogP contribution in [0.25, 0.3) is 0 Å². The summed E-state index contributed by atoms with van der Waals surface area (Å²) < 4.78 is 6.06. The van der Waals surface area contributed by atoms with Crippen molar-refractivity contribution in [2.45, 2.75) is 18.9 Å². The molecule has 1 aromatic rings. The molecule has 0 aromatic heterocycles. The maximum Gasteiger partial charge on any atom is 0.143 e. The van der Waals surface area contributed by atoms with Crippen LogP contribution in [0.15, 0.2) is 18.2 Å². The van der Waals surface area contributed by atoms with Gasteiger partial charge in [0.1, 0.15) is 11.4 Å². The minimum Gasteiger partial charge on any atom is -0.483 e. The van der Waals surface area contributed by atoms with Crippen molar-refractivity contribution in [2.24, 2.45) is 0 Å². The highest BCUT2D eigenvalue weighted by Gasteiger charge is 2.34. The van der Waals surface area contributed by atoms with E-state index in [1.165, 1.54) is 11.3 Å². The quantitative estimate of drug-likeness (QED) is 0.764. The van der Waals surface area contributed by atoms with Crippen LogP contribution >= 0.6 is 0 Å². The normalized spacial score (nSPS) is 21.4. The molecule has 2 aliphatic heterocycles. The lowest BCUT2D eigenvalue weighted by atomic mass is 10.00. The fraction of sp³-hybridized carbons (Fsp3) is 0.500. The molecule has 1 saturated heterocycles. The summed E-state index contributed by atoms with van der Waals surface area (Å²) in [4.78, 5) is 0. The second kappa shape index (κ2) is 3.14. The van der Waals surface area contributed by atoms with E-state index in [-0.39, 0.29) is 5.60 Å². The lowest BCUT2D eigenvalue weighted by Crippen LogP contribution is -2.61. The van der Waals surface area contributed by atoms with E-state index < -0.39 is 0 Å². The van der Waals surface area contributed by atoms with Gasteiger partial charge in [-0.25, -0.2) is 0 Å². The molecule has 3 nitrogen and oxygen atoms in total. The fourth-order valence-corrected chi connectivity index (χ4v) is 2.21. The molecule has 80 valence electrons. The third-order valence-corrected chi connectivity index (χ3v) is 3.16. The van der Waals surface area contributed by atoms with Gasteiger partial charge in [0.05, 0.1) is 5.69 Å². The van der Waals surface area contributed by atoms with E-state index >= 15 is 0 Å². The molecular formula is C12H16N2O. The van der Waals surface area contributed by atoms with Crippen molar-refractivity contribution in [2.75, 3.05) is 25.0 Å². The number of hydrogen-bond acceptors (Lipinski definition) is 3. The molecule has 15 heavy (non-hydrogen) atoms. The van der Waals surface area contributed by atoms with Crippen LogP contribution < -0.4 is 15.4 Å². The van der Waals surface area contributed by atoms with E-state index in [4.69, 9.17) is 4.74 Å². The highest BCUT2D eigenvalue weighted by Crippen LogP contribution is 2.35. The highest BCUT2D eigenvalue weighted by molar-refractivity contribution is 5.65. The summed E-state index contributed by atoms with van der Waals surface area (Å²) in [5.41, 5.74) is 2.56. The van der Waals surface area contributed by atoms with Crippen molar-refractivity contribution in [3.05, 3.63) is 23.8 Å². The third kappa shape index (κ3) is 1.47. The zero-order valence-electron chi connectivity index (χ0n) is 8.97. The molecule has 3 rings (SSSR count). The minimum absolute atomic E-state index is 0.0145. The Balaban J connectivity index is 1.89. The van der Waals surface area contributed by atoms with Gasteiger partial charge < -0.3 is 15.4 Å². The molecule has 0 bridgehead atoms. The molecule has 0 spiro atoms. The number of fused-ring (bicyclic) bond motifs is 1. The highest BCUT2D eigenvalue weighted by atomic mass is 16.5. The van der Waals surface area contributed by atoms with E-state index in [0.717, 1.165) is 31.8 Å². The summed E-state index contributed by atoms with van der Waals surface area (Å²) in [6.45, 7) is 5.07. The van der Waals surface area contributed by atoms with E-state index in [1.54, 1.807) is 0 Å². The molecule has 1 fully saturated rings. The number of nitrogens with one attached hydrogen (secondary N) is 2. The van der Waals surface area contributed by atoms with E-state index in [1.807, 2.05) is 0 Å². The first-order chi connectivity index (χ1) is 7.27. The van der Waals surface area contributed by atoms with Crippen LogP contribution in [0.3, 0.4) is 0 Å². The van der Waals surface area contributed by atoms with Crippen molar-refractivity contribution in [1.82, 2.24) is 5.32 Å². The maximum atomic E-state index is 6.06. The molecule has 0 atom stereocenters. The fourth-order valence-electron chi connectivity index (χ4n) is 2.21. The van der Waals surface area contributed by atoms with Gasteiger partial charge in [-0.1, -0.05) is 12.1 Å². The van der Waals surface area contributed by atoms with Gasteiger partial charge in [0.25, 0.3) is 0 Å². The van der Waals surface area contributed by atoms with E-state index in [0.29, 0.717) is 0 Å². The zero-order chi connectivity index (χ0) is 10.3. The van der Waals surface area contributed by atoms with Gasteiger partial charge in [0, 0.05) is 19.6 Å². The van der Waals surface area contributed by atoms with Gasteiger partial charge in [0.15, 0.2) is 0 Å². The first kappa shape index (κ1) is 9.04. The van der Waals surface area contributed by atoms with Gasteiger partial charge in [-0.3, -0.25) is 0 Å². The van der Waals surface area contributed by atoms with Crippen LogP contribution in [0.4, 0.5) is 5.69 Å². The average Bonchev–Trinajstić information content (AvgIpc) is 2.64. The Bertz CT molecular complexity index is 385. The lowest BCUT2D eigenvalue weighted by molar-refractivity contribution is 0.0356. The summed E-state index contributed by atoms with van der Waals surface area (Å²) >= 11 is 0. The minimum atomic E-state index is -0.0145. The molecule has 0 radical (unpaired) electrons. The molecular weight excluding hydrogens is 188 g/mol. The zero-order valence-corrected chi connectivity index (χ0v) is 8.97. The van der Waals surface area contributed by atoms with Gasteiger partial charge in [-0.05, 0) is 25.0 Å². The molecule has 2 aliphatic rings. The number of benzene rings is 1. The molecule has 1 aromatic carbocycles. The molecule has 0 aliphatic carbocycles. The van der Waals surface area contributed by atoms with Crippen LogP contribution in [-0.4, -0.2) is 25.2 Å². The molecule has 0 saturated carbocycles. The Labute approximate surface area is 89.8 Å². The number of rotatable bonds is 2. The van der Waals surface area contributed by atoms with Crippen molar-refractivity contribution >= 4 is 5.69 Å². The number of ether oxygens (including phenoxy) is 1. The lowest BCUT2D eigenvalue weighted by Gasteiger charge is -2.39. The average molecular weight is 204 g/mol. The second-order valence-electron chi connectivity index (χ2n) is 4.62. The smallest absolute Gasteiger partial charge is 0.143 e. The van der Waals surface area contributed by atoms with Crippen molar-refractivity contribution in [3.8, 4) is 5.75 Å². The van der Waals surface area contributed by atoms with Crippen LogP contribution in [-0.2, 0) is 6.42 Å². The van der Waals surface area contributed by atoms with Crippen molar-refractivity contribution < 1.29 is 4.74 Å². The SMILES string of the molecule is CC1(Oc2cccc3c2NCC3)CNC1. The predicted molar refractivity (Wildman–Crippen MR) is 60.5 cm³/mol. The van der Waals surface area contributed by atoms with Crippen LogP contribution in [0, 0.1) is 0 Å². The molecule has 2 N–H and O–H groups in total. The van der Waals surface area contributed by atoms with E-state index in [2.05, 4.69) is 35.8 Å². The number of para-hydroxylation sites is 1. The Morgan fingerprint density at radius 3 is 2.93 bits per heavy atom. The Morgan fingerprint density at radius 2 is 2.20 bits per heavy atom. The maximum absolute atomic E-state index is 6.06. The summed E-state index contributed by atoms with van der Waals surface area (Å²) in [7, 11) is 0. The Hall–Kier alpha value is -1.22. The van der Waals surface area contributed by atoms with Crippen LogP contribution in [0.1, 0.15) is 12.5 Å². The van der Waals surface area contributed by atoms with Gasteiger partial charge >= 0.3 is 0 Å². The van der Waals surface area contributed by atoms with Crippen LogP contribution in [0.2, 0.25) is 0 Å². The summed E-state index contributed by atoms with van der Waals surface area (Å²) in [5, 5.41) is 6.64. The molecule has 2 heterocycles. The predicted octanol–water partition coefficient (Wildman–Crippen LogP) is 1.40. The van der Waals surface area contributed by atoms with E-state index in [9.17, 15) is 0 Å². The third-order valence-electron chi connectivity index (χ3n) is 3.16. The summed E-state index contributed by atoms with van der Waals surface area (Å²) in [5.74, 6) is 1.01. The standard InChI is InChI=1S/C12H16N2O/c1-12(7-13-8-12)15-10-4-2-3-9-5-6-14-11(9)10/h2-4,13-14H,5-8H2,1H3. The first-order valence-electron chi connectivity index (χ1n) is 5.52. The second-order valence-corrected chi connectivity index (χ2v) is 4.62. The first-order valence-corrected chi connectivity index (χ1v) is 5.52. The summed E-state index contributed by atoms with van der Waals surface area (Å²) in [6.07, 6.45) is 1.11. The number of hydrogen-bond donors (Lipinski definition) is 2. The van der Waals surface area contributed by atoms with Gasteiger partial charge in [-0.2, -0.15) is 0 Å². The van der Waals surface area contributed by atoms with Crippen molar-refractivity contribution in [3.63, 3.8) is 0 Å². The molecule has 0 unspecified atom stereocenters. The monoisotopic (exact) mass is 204 g/mol. The Morgan fingerprint density at radius 1 is 1.33 bits per heavy atom. The Kier molecular flexibility index (Phi) is 1.89. The summed E-state index contributed by atoms with van der Waals surface area (Å²) in [6, 6.07) is 6.31. The van der Waals surface area contributed by atoms with Crippen molar-refractivity contribution in [1.29, 1.82) is 0 Å². The number of anilines is 1. The molecule has 0 amide bonds. The van der Waals surface area contributed by atoms with Gasteiger partial charge in [0.2, 0.25) is 0 Å². The topological polar surface area (TPSA) is 33.3 Å². The molecule has 3 heteroatoms. The van der Waals surface area contributed by atoms with Gasteiger partial charge in [-0.15, -0.1) is 0 Å². The largest absolute Gasteiger partial charge is 0.483 e.